The van der Waals surface area contributed by atoms with E-state index in [1.807, 2.05) is 0 Å². The molecule has 0 amide bonds. The zero-order chi connectivity index (χ0) is 14.6. The molecule has 2 rings (SSSR count). The number of halogens is 1. The summed E-state index contributed by atoms with van der Waals surface area (Å²) in [6.07, 6.45) is 5.35. The Kier molecular flexibility index (Phi) is 6.10. The Labute approximate surface area is 128 Å². The van der Waals surface area contributed by atoms with Gasteiger partial charge in [0, 0.05) is 38.6 Å². The third kappa shape index (κ3) is 3.85. The van der Waals surface area contributed by atoms with Crippen molar-refractivity contribution < 1.29 is 8.42 Å². The molecule has 0 aromatic rings. The van der Waals surface area contributed by atoms with Crippen LogP contribution in [-0.4, -0.2) is 73.6 Å². The monoisotopic (exact) mass is 323 g/mol. The first kappa shape index (κ1) is 16.5. The first-order valence-electron chi connectivity index (χ1n) is 7.57. The quantitative estimate of drug-likeness (QED) is 0.693. The van der Waals surface area contributed by atoms with Crippen molar-refractivity contribution >= 4 is 21.8 Å². The number of likely N-dealkylation sites (tertiary alicyclic amines) is 1. The number of hydrogen-bond donors (Lipinski definition) is 0. The number of rotatable bonds is 6. The maximum atomic E-state index is 12.6. The Morgan fingerprint density at radius 3 is 2.45 bits per heavy atom. The highest BCUT2D eigenvalue weighted by atomic mass is 35.5. The van der Waals surface area contributed by atoms with Gasteiger partial charge in [-0.15, -0.1) is 11.6 Å². The third-order valence-corrected chi connectivity index (χ3v) is 6.77. The molecule has 1 atom stereocenters. The van der Waals surface area contributed by atoms with E-state index in [1.165, 1.54) is 17.1 Å². The molecule has 0 spiro atoms. The molecule has 0 saturated carbocycles. The van der Waals surface area contributed by atoms with Crippen molar-refractivity contribution in [2.24, 2.45) is 0 Å². The number of piperidine rings is 1. The summed E-state index contributed by atoms with van der Waals surface area (Å²) < 4.78 is 28.4. The van der Waals surface area contributed by atoms with E-state index in [-0.39, 0.29) is 6.04 Å². The van der Waals surface area contributed by atoms with Gasteiger partial charge in [-0.25, -0.2) is 0 Å². The van der Waals surface area contributed by atoms with Crippen LogP contribution in [0.1, 0.15) is 32.1 Å². The van der Waals surface area contributed by atoms with Gasteiger partial charge >= 0.3 is 0 Å². The zero-order valence-corrected chi connectivity index (χ0v) is 13.9. The van der Waals surface area contributed by atoms with E-state index < -0.39 is 10.2 Å². The van der Waals surface area contributed by atoms with E-state index in [2.05, 4.69) is 4.90 Å². The van der Waals surface area contributed by atoms with Gasteiger partial charge in [0.05, 0.1) is 0 Å². The van der Waals surface area contributed by atoms with Gasteiger partial charge in [0.15, 0.2) is 0 Å². The summed E-state index contributed by atoms with van der Waals surface area (Å²) in [5.74, 6) is 0.388. The first-order chi connectivity index (χ1) is 9.55. The van der Waals surface area contributed by atoms with Crippen molar-refractivity contribution in [3.63, 3.8) is 0 Å². The minimum atomic E-state index is -3.36. The molecule has 2 heterocycles. The molecule has 7 heteroatoms. The SMILES string of the molecule is CN(CCN1CCCC1)S(=O)(=O)N1CCCCC1CCl. The van der Waals surface area contributed by atoms with Gasteiger partial charge in [0.2, 0.25) is 0 Å². The van der Waals surface area contributed by atoms with Gasteiger partial charge in [0.25, 0.3) is 10.2 Å². The van der Waals surface area contributed by atoms with Gasteiger partial charge in [-0.3, -0.25) is 0 Å². The second kappa shape index (κ2) is 7.40. The smallest absolute Gasteiger partial charge is 0.282 e. The molecule has 2 fully saturated rings. The summed E-state index contributed by atoms with van der Waals surface area (Å²) in [5.41, 5.74) is 0. The highest BCUT2D eigenvalue weighted by Gasteiger charge is 2.34. The molecule has 0 aliphatic carbocycles. The number of hydrogen-bond acceptors (Lipinski definition) is 3. The lowest BCUT2D eigenvalue weighted by atomic mass is 10.1. The maximum Gasteiger partial charge on any atom is 0.282 e. The first-order valence-corrected chi connectivity index (χ1v) is 9.50. The lowest BCUT2D eigenvalue weighted by Gasteiger charge is -2.36. The summed E-state index contributed by atoms with van der Waals surface area (Å²) in [4.78, 5) is 2.33. The van der Waals surface area contributed by atoms with Crippen molar-refractivity contribution in [3.8, 4) is 0 Å². The fraction of sp³-hybridized carbons (Fsp3) is 1.00. The van der Waals surface area contributed by atoms with E-state index >= 15 is 0 Å². The number of nitrogens with zero attached hydrogens (tertiary/aromatic N) is 3. The lowest BCUT2D eigenvalue weighted by molar-refractivity contribution is 0.244. The van der Waals surface area contributed by atoms with Crippen LogP contribution in [0.3, 0.4) is 0 Å². The Bertz CT molecular complexity index is 398. The molecule has 2 saturated heterocycles. The Morgan fingerprint density at radius 2 is 1.80 bits per heavy atom. The van der Waals surface area contributed by atoms with Gasteiger partial charge in [-0.05, 0) is 38.8 Å². The van der Waals surface area contributed by atoms with Gasteiger partial charge < -0.3 is 4.90 Å². The normalized spacial score (nSPS) is 26.4. The molecule has 0 bridgehead atoms. The van der Waals surface area contributed by atoms with Gasteiger partial charge in [-0.2, -0.15) is 17.0 Å². The van der Waals surface area contributed by atoms with Crippen molar-refractivity contribution in [2.75, 3.05) is 45.7 Å². The molecular weight excluding hydrogens is 298 g/mol. The molecule has 2 aliphatic heterocycles. The summed E-state index contributed by atoms with van der Waals surface area (Å²) in [5, 5.41) is 0. The van der Waals surface area contributed by atoms with Crippen LogP contribution in [-0.2, 0) is 10.2 Å². The fourth-order valence-electron chi connectivity index (χ4n) is 3.01. The Balaban J connectivity index is 1.93. The molecule has 0 aromatic carbocycles. The molecule has 5 nitrogen and oxygen atoms in total. The van der Waals surface area contributed by atoms with E-state index in [0.29, 0.717) is 19.0 Å². The van der Waals surface area contributed by atoms with Crippen LogP contribution >= 0.6 is 11.6 Å². The summed E-state index contributed by atoms with van der Waals surface area (Å²) in [7, 11) is -1.67. The van der Waals surface area contributed by atoms with Crippen molar-refractivity contribution in [1.82, 2.24) is 13.5 Å². The maximum absolute atomic E-state index is 12.6. The summed E-state index contributed by atoms with van der Waals surface area (Å²) in [6.45, 7) is 4.19. The van der Waals surface area contributed by atoms with Gasteiger partial charge in [0.1, 0.15) is 0 Å². The Hall–Kier alpha value is 0.120. The average Bonchev–Trinajstić information content (AvgIpc) is 2.97. The molecule has 118 valence electrons. The standard InChI is InChI=1S/C13H26ClN3O2S/c1-15(10-11-16-7-4-5-8-16)20(18,19)17-9-3-2-6-13(17)12-14/h13H,2-12H2,1H3. The largest absolute Gasteiger partial charge is 0.302 e. The minimum Gasteiger partial charge on any atom is -0.302 e. The van der Waals surface area contributed by atoms with Crippen LogP contribution in [0.5, 0.6) is 0 Å². The van der Waals surface area contributed by atoms with E-state index in [4.69, 9.17) is 11.6 Å². The molecule has 2 aliphatic rings. The minimum absolute atomic E-state index is 0.0374. The molecule has 20 heavy (non-hydrogen) atoms. The van der Waals surface area contributed by atoms with Crippen LogP contribution in [0.2, 0.25) is 0 Å². The second-order valence-electron chi connectivity index (χ2n) is 5.79. The molecule has 0 N–H and O–H groups in total. The zero-order valence-electron chi connectivity index (χ0n) is 12.3. The highest BCUT2D eigenvalue weighted by molar-refractivity contribution is 7.86. The lowest BCUT2D eigenvalue weighted by Crippen LogP contribution is -2.51. The van der Waals surface area contributed by atoms with Crippen LogP contribution in [0.15, 0.2) is 0 Å². The number of alkyl halides is 1. The van der Waals surface area contributed by atoms with Crippen LogP contribution in [0.25, 0.3) is 0 Å². The second-order valence-corrected chi connectivity index (χ2v) is 8.09. The van der Waals surface area contributed by atoms with Crippen LogP contribution < -0.4 is 0 Å². The molecule has 0 radical (unpaired) electrons. The summed E-state index contributed by atoms with van der Waals surface area (Å²) in [6, 6.07) is -0.0374. The number of likely N-dealkylation sites (N-methyl/N-ethyl adjacent to an activating group) is 1. The van der Waals surface area contributed by atoms with E-state index in [1.54, 1.807) is 11.4 Å². The summed E-state index contributed by atoms with van der Waals surface area (Å²) >= 11 is 5.93. The topological polar surface area (TPSA) is 43.9 Å². The van der Waals surface area contributed by atoms with Crippen LogP contribution in [0, 0.1) is 0 Å². The van der Waals surface area contributed by atoms with Crippen molar-refractivity contribution in [2.45, 2.75) is 38.1 Å². The van der Waals surface area contributed by atoms with Crippen molar-refractivity contribution in [3.05, 3.63) is 0 Å². The molecule has 1 unspecified atom stereocenters. The fourth-order valence-corrected chi connectivity index (χ4v) is 5.00. The van der Waals surface area contributed by atoms with E-state index in [9.17, 15) is 8.42 Å². The van der Waals surface area contributed by atoms with Gasteiger partial charge in [-0.1, -0.05) is 6.42 Å². The van der Waals surface area contributed by atoms with E-state index in [0.717, 1.165) is 38.9 Å². The Morgan fingerprint density at radius 1 is 1.15 bits per heavy atom. The predicted molar refractivity (Wildman–Crippen MR) is 82.3 cm³/mol. The van der Waals surface area contributed by atoms with Crippen LogP contribution in [0.4, 0.5) is 0 Å². The third-order valence-electron chi connectivity index (χ3n) is 4.37. The average molecular weight is 324 g/mol. The van der Waals surface area contributed by atoms with Crippen molar-refractivity contribution in [1.29, 1.82) is 0 Å². The highest BCUT2D eigenvalue weighted by Crippen LogP contribution is 2.23. The molecular formula is C13H26ClN3O2S. The molecule has 0 aromatic heterocycles. The predicted octanol–water partition coefficient (Wildman–Crippen LogP) is 1.35.